The summed E-state index contributed by atoms with van der Waals surface area (Å²) in [5.74, 6) is -0.263. The summed E-state index contributed by atoms with van der Waals surface area (Å²) in [6, 6.07) is 13.0. The average molecular weight is 371 g/mol. The van der Waals surface area contributed by atoms with Gasteiger partial charge in [-0.05, 0) is 30.7 Å². The minimum Gasteiger partial charge on any atom is -0.440 e. The van der Waals surface area contributed by atoms with Crippen molar-refractivity contribution in [2.45, 2.75) is 19.4 Å². The Balaban J connectivity index is 1.93. The highest BCUT2D eigenvalue weighted by molar-refractivity contribution is 5.54. The van der Waals surface area contributed by atoms with Crippen LogP contribution in [0.3, 0.4) is 0 Å². The fraction of sp³-hybridized carbons (Fsp3) is 0.143. The maximum Gasteiger partial charge on any atom is 0.259 e. The minimum atomic E-state index is -0.634. The molecule has 0 saturated carbocycles. The lowest BCUT2D eigenvalue weighted by Gasteiger charge is -2.27. The molecule has 3 aromatic heterocycles. The Morgan fingerprint density at radius 2 is 2.14 bits per heavy atom. The van der Waals surface area contributed by atoms with Crippen LogP contribution in [-0.4, -0.2) is 14.5 Å². The Labute approximate surface area is 161 Å². The smallest absolute Gasteiger partial charge is 0.259 e. The van der Waals surface area contributed by atoms with Crippen LogP contribution < -0.4 is 16.0 Å². The molecule has 1 aliphatic rings. The fourth-order valence-corrected chi connectivity index (χ4v) is 3.42. The number of fused-ring (bicyclic) bond motifs is 1. The Morgan fingerprint density at radius 1 is 1.29 bits per heavy atom. The number of aryl methyl sites for hydroxylation is 1. The third kappa shape index (κ3) is 2.91. The first-order chi connectivity index (χ1) is 13.6. The second-order valence-corrected chi connectivity index (χ2v) is 6.49. The number of nitrogens with zero attached hydrogens (tertiary/aromatic N) is 4. The zero-order chi connectivity index (χ0) is 19.7. The van der Waals surface area contributed by atoms with Crippen LogP contribution in [0.2, 0.25) is 0 Å². The van der Waals surface area contributed by atoms with E-state index in [0.717, 1.165) is 5.69 Å². The van der Waals surface area contributed by atoms with Crippen LogP contribution >= 0.6 is 0 Å². The first-order valence-electron chi connectivity index (χ1n) is 8.72. The van der Waals surface area contributed by atoms with E-state index in [4.69, 9.17) is 10.5 Å². The van der Waals surface area contributed by atoms with E-state index in [9.17, 15) is 10.1 Å². The van der Waals surface area contributed by atoms with Gasteiger partial charge in [0.15, 0.2) is 0 Å². The quantitative estimate of drug-likeness (QED) is 0.756. The van der Waals surface area contributed by atoms with Crippen LogP contribution in [0.4, 0.5) is 0 Å². The Kier molecular flexibility index (Phi) is 4.38. The van der Waals surface area contributed by atoms with Gasteiger partial charge in [0.2, 0.25) is 5.88 Å². The molecule has 138 valence electrons. The third-order valence-corrected chi connectivity index (χ3v) is 4.75. The van der Waals surface area contributed by atoms with Crippen molar-refractivity contribution >= 4 is 0 Å². The molecule has 7 heteroatoms. The number of nitriles is 1. The number of pyridine rings is 3. The third-order valence-electron chi connectivity index (χ3n) is 4.75. The van der Waals surface area contributed by atoms with Crippen molar-refractivity contribution in [3.63, 3.8) is 0 Å². The lowest BCUT2D eigenvalue weighted by molar-refractivity contribution is 0.388. The van der Waals surface area contributed by atoms with Gasteiger partial charge in [-0.3, -0.25) is 14.8 Å². The van der Waals surface area contributed by atoms with Crippen LogP contribution in [0.1, 0.15) is 28.4 Å². The maximum atomic E-state index is 13.5. The summed E-state index contributed by atoms with van der Waals surface area (Å²) in [4.78, 5) is 21.9. The molecule has 1 atom stereocenters. The summed E-state index contributed by atoms with van der Waals surface area (Å²) in [6.07, 6.45) is 4.96. The van der Waals surface area contributed by atoms with Gasteiger partial charge in [0, 0.05) is 30.4 Å². The van der Waals surface area contributed by atoms with E-state index in [2.05, 4.69) is 16.0 Å². The lowest BCUT2D eigenvalue weighted by atomic mass is 9.85. The van der Waals surface area contributed by atoms with E-state index in [1.165, 1.54) is 0 Å². The predicted octanol–water partition coefficient (Wildman–Crippen LogP) is 2.21. The molecule has 0 aliphatic carbocycles. The van der Waals surface area contributed by atoms with E-state index < -0.39 is 5.92 Å². The summed E-state index contributed by atoms with van der Waals surface area (Å²) in [6.45, 7) is 2.15. The van der Waals surface area contributed by atoms with Gasteiger partial charge in [-0.1, -0.05) is 12.1 Å². The second-order valence-electron chi connectivity index (χ2n) is 6.49. The second kappa shape index (κ2) is 7.00. The molecule has 4 rings (SSSR count). The maximum absolute atomic E-state index is 13.5. The number of aromatic nitrogens is 3. The number of allylic oxidation sites excluding steroid dienone is 1. The van der Waals surface area contributed by atoms with E-state index in [-0.39, 0.29) is 17.0 Å². The molecule has 28 heavy (non-hydrogen) atoms. The first-order valence-corrected chi connectivity index (χ1v) is 8.72. The monoisotopic (exact) mass is 371 g/mol. The molecule has 1 aliphatic heterocycles. The molecule has 0 spiro atoms. The summed E-state index contributed by atoms with van der Waals surface area (Å²) in [7, 11) is 0. The molecular formula is C21H17N5O2. The Hall–Kier alpha value is -3.92. The molecular weight excluding hydrogens is 354 g/mol. The zero-order valence-electron chi connectivity index (χ0n) is 15.2. The van der Waals surface area contributed by atoms with E-state index in [1.807, 2.05) is 31.2 Å². The van der Waals surface area contributed by atoms with Gasteiger partial charge in [0.05, 0.1) is 23.7 Å². The predicted molar refractivity (Wildman–Crippen MR) is 102 cm³/mol. The van der Waals surface area contributed by atoms with Gasteiger partial charge in [-0.2, -0.15) is 5.26 Å². The first kappa shape index (κ1) is 17.5. The summed E-state index contributed by atoms with van der Waals surface area (Å²) < 4.78 is 7.27. The molecule has 0 aromatic carbocycles. The molecule has 0 saturated heterocycles. The molecule has 0 unspecified atom stereocenters. The van der Waals surface area contributed by atoms with Gasteiger partial charge in [0.1, 0.15) is 17.4 Å². The van der Waals surface area contributed by atoms with Crippen LogP contribution in [-0.2, 0) is 6.54 Å². The Bertz CT molecular complexity index is 1160. The van der Waals surface area contributed by atoms with E-state index in [1.54, 1.807) is 35.3 Å². The van der Waals surface area contributed by atoms with Gasteiger partial charge >= 0.3 is 0 Å². The van der Waals surface area contributed by atoms with Crippen molar-refractivity contribution in [3.05, 3.63) is 99.3 Å². The van der Waals surface area contributed by atoms with Gasteiger partial charge in [0.25, 0.3) is 5.56 Å². The number of hydrogen-bond acceptors (Lipinski definition) is 6. The van der Waals surface area contributed by atoms with Crippen LogP contribution in [0.5, 0.6) is 5.75 Å². The van der Waals surface area contributed by atoms with Crippen molar-refractivity contribution in [2.75, 3.05) is 0 Å². The van der Waals surface area contributed by atoms with Gasteiger partial charge in [-0.15, -0.1) is 0 Å². The summed E-state index contributed by atoms with van der Waals surface area (Å²) >= 11 is 0. The number of nitrogens with two attached hydrogens (primary N) is 1. The van der Waals surface area contributed by atoms with E-state index >= 15 is 0 Å². The highest BCUT2D eigenvalue weighted by Crippen LogP contribution is 2.40. The molecule has 0 fully saturated rings. The average Bonchev–Trinajstić information content (AvgIpc) is 2.71. The molecule has 0 radical (unpaired) electrons. The SMILES string of the molecule is Cc1cc2c(c(=O)n1Cc1ccccn1)[C@H](c1cccnc1)C(C#N)=C(N)O2. The fourth-order valence-electron chi connectivity index (χ4n) is 3.42. The van der Waals surface area contributed by atoms with Crippen LogP contribution in [0.15, 0.2) is 71.2 Å². The molecule has 0 amide bonds. The van der Waals surface area contributed by atoms with Crippen molar-refractivity contribution in [1.82, 2.24) is 14.5 Å². The highest BCUT2D eigenvalue weighted by Gasteiger charge is 2.34. The molecule has 0 bridgehead atoms. The molecule has 3 aromatic rings. The number of hydrogen-bond donors (Lipinski definition) is 1. The minimum absolute atomic E-state index is 0.00475. The Morgan fingerprint density at radius 3 is 2.82 bits per heavy atom. The van der Waals surface area contributed by atoms with E-state index in [0.29, 0.717) is 29.1 Å². The normalized spacial score (nSPS) is 15.5. The molecule has 4 heterocycles. The van der Waals surface area contributed by atoms with Crippen molar-refractivity contribution in [2.24, 2.45) is 5.73 Å². The summed E-state index contributed by atoms with van der Waals surface area (Å²) in [5.41, 5.74) is 8.51. The number of ether oxygens (including phenoxy) is 1. The van der Waals surface area contributed by atoms with Gasteiger partial charge < -0.3 is 15.0 Å². The van der Waals surface area contributed by atoms with Crippen molar-refractivity contribution in [3.8, 4) is 11.8 Å². The lowest BCUT2D eigenvalue weighted by Crippen LogP contribution is -2.33. The highest BCUT2D eigenvalue weighted by atomic mass is 16.5. The summed E-state index contributed by atoms with van der Waals surface area (Å²) in [5, 5.41) is 9.66. The van der Waals surface area contributed by atoms with Gasteiger partial charge in [-0.25, -0.2) is 0 Å². The largest absolute Gasteiger partial charge is 0.440 e. The van der Waals surface area contributed by atoms with Crippen molar-refractivity contribution in [1.29, 1.82) is 5.26 Å². The standard InChI is InChI=1S/C21H17N5O2/c1-13-9-17-19(21(27)26(13)12-15-6-2-3-8-25-15)18(14-5-4-7-24-11-14)16(10-22)20(23)28-17/h2-9,11,18H,12,23H2,1H3/t18-/m1/s1. The topological polar surface area (TPSA) is 107 Å². The van der Waals surface area contributed by atoms with Crippen molar-refractivity contribution < 1.29 is 4.74 Å². The molecule has 7 nitrogen and oxygen atoms in total. The van der Waals surface area contributed by atoms with Crippen LogP contribution in [0.25, 0.3) is 0 Å². The number of rotatable bonds is 3. The zero-order valence-corrected chi connectivity index (χ0v) is 15.2. The van der Waals surface area contributed by atoms with Crippen LogP contribution in [0, 0.1) is 18.3 Å². The molecule has 2 N–H and O–H groups in total.